The van der Waals surface area contributed by atoms with Gasteiger partial charge in [0.15, 0.2) is 52.4 Å². The molecule has 0 aliphatic rings. The molecule has 0 fully saturated rings. The second-order valence-corrected chi connectivity index (χ2v) is 42.2. The van der Waals surface area contributed by atoms with E-state index in [1.807, 2.05) is 175 Å². The van der Waals surface area contributed by atoms with Gasteiger partial charge in [0.1, 0.15) is 48.5 Å². The van der Waals surface area contributed by atoms with Gasteiger partial charge in [0.25, 0.3) is 0 Å². The summed E-state index contributed by atoms with van der Waals surface area (Å²) in [5.74, 6) is 5.54. The second kappa shape index (κ2) is 35.5. The van der Waals surface area contributed by atoms with E-state index < -0.39 is 0 Å². The fourth-order valence-corrected chi connectivity index (χ4v) is 26.4. The lowest BCUT2D eigenvalue weighted by atomic mass is 10.0. The van der Waals surface area contributed by atoms with Crippen LogP contribution >= 0.6 is 68.0 Å². The van der Waals surface area contributed by atoms with Gasteiger partial charge in [-0.1, -0.05) is 273 Å². The lowest BCUT2D eigenvalue weighted by molar-refractivity contribution is 0.668. The highest BCUT2D eigenvalue weighted by atomic mass is 32.1. The van der Waals surface area contributed by atoms with E-state index in [9.17, 15) is 0 Å². The number of aromatic nitrogens is 12. The maximum absolute atomic E-state index is 6.41. The van der Waals surface area contributed by atoms with Crippen molar-refractivity contribution < 1.29 is 13.3 Å². The molecular weight excluding hydrogens is 1920 g/mol. The summed E-state index contributed by atoms with van der Waals surface area (Å²) < 4.78 is 30.2. The average molecular weight is 1990 g/mol. The van der Waals surface area contributed by atoms with E-state index >= 15 is 0 Å². The molecule has 0 aliphatic heterocycles. The molecule has 0 atom stereocenters. The van der Waals surface area contributed by atoms with E-state index in [0.29, 0.717) is 52.4 Å². The predicted octanol–water partition coefficient (Wildman–Crippen LogP) is 35.9. The van der Waals surface area contributed by atoms with Gasteiger partial charge in [-0.15, -0.1) is 68.0 Å². The number of hydrogen-bond acceptors (Lipinski definition) is 21. The molecule has 0 amide bonds. The van der Waals surface area contributed by atoms with Gasteiger partial charge in [-0.05, 0) is 163 Å². The van der Waals surface area contributed by atoms with E-state index in [4.69, 9.17) is 73.1 Å². The Morgan fingerprint density at radius 2 is 0.429 bits per heavy atom. The molecule has 688 valence electrons. The first-order valence-corrected chi connectivity index (χ1v) is 52.9. The molecule has 0 unspecified atom stereocenters. The summed E-state index contributed by atoms with van der Waals surface area (Å²) >= 11 is 10.5. The number of fused-ring (bicyclic) bond motifs is 21. The van der Waals surface area contributed by atoms with Crippen LogP contribution in [0.2, 0.25) is 0 Å². The van der Waals surface area contributed by atoms with Crippen molar-refractivity contribution in [1.82, 2.24) is 59.8 Å². The van der Waals surface area contributed by atoms with Crippen LogP contribution in [0.1, 0.15) is 0 Å². The van der Waals surface area contributed by atoms with Crippen molar-refractivity contribution in [3.63, 3.8) is 0 Å². The van der Waals surface area contributed by atoms with Gasteiger partial charge in [-0.3, -0.25) is 0 Å². The first kappa shape index (κ1) is 85.7. The molecule has 147 heavy (non-hydrogen) atoms. The largest absolute Gasteiger partial charge is 0.456 e. The Morgan fingerprint density at radius 3 is 0.871 bits per heavy atom. The minimum Gasteiger partial charge on any atom is -0.456 e. The molecular formula is C126H70N12O3S6. The van der Waals surface area contributed by atoms with E-state index in [1.54, 1.807) is 56.7 Å². The molecule has 31 aromatic rings. The number of furan rings is 3. The van der Waals surface area contributed by atoms with Crippen LogP contribution in [0.25, 0.3) is 302 Å². The van der Waals surface area contributed by atoms with Crippen molar-refractivity contribution in [1.29, 1.82) is 0 Å². The molecule has 0 saturated heterocycles. The number of para-hydroxylation sites is 3. The van der Waals surface area contributed by atoms with Crippen molar-refractivity contribution in [2.45, 2.75) is 0 Å². The minimum absolute atomic E-state index is 0.590. The zero-order valence-electron chi connectivity index (χ0n) is 77.5. The van der Waals surface area contributed by atoms with Crippen LogP contribution in [0, 0.1) is 0 Å². The van der Waals surface area contributed by atoms with E-state index in [-0.39, 0.29) is 0 Å². The van der Waals surface area contributed by atoms with Gasteiger partial charge >= 0.3 is 0 Å². The Labute approximate surface area is 860 Å². The highest BCUT2D eigenvalue weighted by Crippen LogP contribution is 2.49. The molecule has 0 radical (unpaired) electrons. The van der Waals surface area contributed by atoms with Crippen LogP contribution in [-0.2, 0) is 0 Å². The summed E-state index contributed by atoms with van der Waals surface area (Å²) in [4.78, 5) is 60.7. The third kappa shape index (κ3) is 15.3. The molecule has 19 aromatic carbocycles. The van der Waals surface area contributed by atoms with Gasteiger partial charge in [0, 0.05) is 160 Å². The third-order valence-corrected chi connectivity index (χ3v) is 33.7. The van der Waals surface area contributed by atoms with Gasteiger partial charge in [0.05, 0.1) is 30.6 Å². The highest BCUT2D eigenvalue weighted by molar-refractivity contribution is 7.27. The zero-order chi connectivity index (χ0) is 96.7. The van der Waals surface area contributed by atoms with Gasteiger partial charge in [0.2, 0.25) is 0 Å². The highest BCUT2D eigenvalue weighted by Gasteiger charge is 2.27. The van der Waals surface area contributed by atoms with Gasteiger partial charge in [-0.2, -0.15) is 0 Å². The molecule has 0 aliphatic carbocycles. The van der Waals surface area contributed by atoms with Crippen molar-refractivity contribution in [2.24, 2.45) is 0 Å². The molecule has 12 aromatic heterocycles. The van der Waals surface area contributed by atoms with Gasteiger partial charge in [-0.25, -0.2) is 59.8 Å². The first-order chi connectivity index (χ1) is 72.7. The average Bonchev–Trinajstić information content (AvgIpc) is 1.61. The van der Waals surface area contributed by atoms with E-state index in [0.717, 1.165) is 180 Å². The molecule has 0 N–H and O–H groups in total. The predicted molar refractivity (Wildman–Crippen MR) is 610 cm³/mol. The zero-order valence-corrected chi connectivity index (χ0v) is 82.4. The van der Waals surface area contributed by atoms with Crippen molar-refractivity contribution in [3.05, 3.63) is 425 Å². The van der Waals surface area contributed by atoms with Crippen molar-refractivity contribution in [2.75, 3.05) is 0 Å². The Kier molecular flexibility index (Phi) is 20.7. The maximum atomic E-state index is 6.41. The smallest absolute Gasteiger partial charge is 0.164 e. The quantitative estimate of drug-likeness (QED) is 0.106. The normalized spacial score (nSPS) is 11.8. The molecule has 0 bridgehead atoms. The molecule has 0 spiro atoms. The minimum atomic E-state index is 0.590. The maximum Gasteiger partial charge on any atom is 0.164 e. The number of hydrogen-bond donors (Lipinski definition) is 0. The number of thiazole rings is 3. The summed E-state index contributed by atoms with van der Waals surface area (Å²) in [5.41, 5.74) is 21.6. The Balaban J connectivity index is 0.000000104. The fourth-order valence-electron chi connectivity index (χ4n) is 20.0. The summed E-state index contributed by atoms with van der Waals surface area (Å²) in [6.45, 7) is 0. The lowest BCUT2D eigenvalue weighted by Crippen LogP contribution is -2.00. The van der Waals surface area contributed by atoms with Crippen molar-refractivity contribution in [3.8, 4) is 145 Å². The SMILES string of the molecule is c1ccc(-c2nc(-c3ccc(-c4cccc5c4sc4ccccc45)cc3)nc(-c3cccc4oc5ccc(-c6nc7ccccc7s6)cc5c34)n2)cc1.c1ccc(-c2nc(-c3ccc4sc5ccccc5c4c3)nc(-c3cccc4oc5ccc(-c6nc7ccccc7s6)cc5c34)n2)cc1.c1ccc(-c2nc(-c3cccc4oc5ccc(-c6nc7ccccc7s6)cc5c34)nc(-c3cccc4sc5ccccc5c34)n2)cc1. The topological polar surface area (TPSA) is 194 Å². The van der Waals surface area contributed by atoms with Crippen LogP contribution in [0.3, 0.4) is 0 Å². The van der Waals surface area contributed by atoms with Crippen LogP contribution in [0.4, 0.5) is 0 Å². The van der Waals surface area contributed by atoms with E-state index in [2.05, 4.69) is 261 Å². The monoisotopic (exact) mass is 1990 g/mol. The second-order valence-electron chi connectivity index (χ2n) is 35.9. The van der Waals surface area contributed by atoms with E-state index in [1.165, 1.54) is 70.1 Å². The first-order valence-electron chi connectivity index (χ1n) is 48.0. The molecule has 31 rings (SSSR count). The van der Waals surface area contributed by atoms with Crippen LogP contribution < -0.4 is 0 Å². The third-order valence-electron chi connectivity index (χ3n) is 27.0. The standard InChI is InChI=1S/C46H26N4OS2.2C40H22N4OS2/c1-2-10-28(11-3-1)43-48-44(29-22-20-27(21-23-29)31-13-8-14-33-32-12-4-6-18-39(32)52-42(31)33)50-45(49-43)34-15-9-17-38-41(34)35-26-30(24-25-37(35)51-38)46-47-36-16-5-7-19-40(36)53-46;1-2-10-23(11-3-1)37-42-38(44-39(43-37)27-14-9-19-34-36(27)25-12-4-6-17-32(25)46-34)26-13-8-16-31-35(26)28-22-24(20-21-30(28)45-31)40-41-29-15-5-7-18-33(29)47-40;1-2-9-23(10-3-1)37-42-38(24-18-20-34-28(21-24)26-11-4-6-15-33(26)46-34)44-39(43-37)27-12-8-14-32-36(27)29-22-25(17-19-31(29)45-32)40-41-30-13-5-7-16-35(30)47-40/h1-26H;2*1-22H. The van der Waals surface area contributed by atoms with Crippen LogP contribution in [-0.4, -0.2) is 59.8 Å². The summed E-state index contributed by atoms with van der Waals surface area (Å²) in [5, 5.41) is 16.2. The lowest BCUT2D eigenvalue weighted by Gasteiger charge is -2.10. The number of rotatable bonds is 13. The van der Waals surface area contributed by atoms with Crippen LogP contribution in [0.5, 0.6) is 0 Å². The Hall–Kier alpha value is -18.1. The molecule has 12 heterocycles. The van der Waals surface area contributed by atoms with Gasteiger partial charge < -0.3 is 13.3 Å². The Morgan fingerprint density at radius 1 is 0.143 bits per heavy atom. The number of benzene rings is 19. The van der Waals surface area contributed by atoms with Crippen LogP contribution in [0.15, 0.2) is 438 Å². The molecule has 21 heteroatoms. The summed E-state index contributed by atoms with van der Waals surface area (Å²) in [6.07, 6.45) is 0. The fraction of sp³-hybridized carbons (Fsp3) is 0. The number of nitrogens with zero attached hydrogens (tertiary/aromatic N) is 12. The van der Waals surface area contributed by atoms with Crippen molar-refractivity contribution >= 4 is 225 Å². The number of thiophene rings is 3. The molecule has 0 saturated carbocycles. The summed E-state index contributed by atoms with van der Waals surface area (Å²) in [6, 6.07) is 146. The summed E-state index contributed by atoms with van der Waals surface area (Å²) in [7, 11) is 0. The molecule has 15 nitrogen and oxygen atoms in total. The Bertz CT molecular complexity index is 10600.